The summed E-state index contributed by atoms with van der Waals surface area (Å²) in [5, 5.41) is 1.73. The van der Waals surface area contributed by atoms with Gasteiger partial charge < -0.3 is 0 Å². The van der Waals surface area contributed by atoms with E-state index in [1.54, 1.807) is 17.5 Å². The summed E-state index contributed by atoms with van der Waals surface area (Å²) in [6.07, 6.45) is -3.37. The minimum absolute atomic E-state index is 0.0516. The topological polar surface area (TPSA) is 0 Å². The second-order valence-electron chi connectivity index (χ2n) is 4.87. The molecule has 118 valence electrons. The Morgan fingerprint density at radius 3 is 2.32 bits per heavy atom. The molecule has 0 nitrogen and oxygen atoms in total. The molecule has 2 unspecified atom stereocenters. The number of hydrogen-bond donors (Lipinski definition) is 0. The Hall–Kier alpha value is -1.28. The van der Waals surface area contributed by atoms with Crippen molar-refractivity contribution in [1.82, 2.24) is 0 Å². The zero-order chi connectivity index (χ0) is 16.3. The molecule has 2 atom stereocenters. The van der Waals surface area contributed by atoms with Gasteiger partial charge in [0.2, 0.25) is 11.5 Å². The summed E-state index contributed by atoms with van der Waals surface area (Å²) in [7, 11) is 0. The van der Waals surface area contributed by atoms with E-state index in [-0.39, 0.29) is 4.88 Å². The van der Waals surface area contributed by atoms with Crippen LogP contribution in [0, 0.1) is 6.92 Å². The van der Waals surface area contributed by atoms with Gasteiger partial charge in [-0.1, -0.05) is 6.07 Å². The lowest BCUT2D eigenvalue weighted by atomic mass is 9.89. The molecule has 0 N–H and O–H groups in total. The number of hydrogen-bond acceptors (Lipinski definition) is 2. The van der Waals surface area contributed by atoms with E-state index in [0.717, 1.165) is 17.4 Å². The smallest absolute Gasteiger partial charge is 0.235 e. The zero-order valence-corrected chi connectivity index (χ0v) is 12.6. The highest BCUT2D eigenvalue weighted by Gasteiger charge is 2.72. The molecule has 22 heavy (non-hydrogen) atoms. The van der Waals surface area contributed by atoms with Crippen LogP contribution in [0.5, 0.6) is 0 Å². The Kier molecular flexibility index (Phi) is 3.45. The highest BCUT2D eigenvalue weighted by molar-refractivity contribution is 7.21. The third-order valence-electron chi connectivity index (χ3n) is 3.59. The summed E-state index contributed by atoms with van der Waals surface area (Å²) in [6, 6.07) is 4.44. The molecule has 0 radical (unpaired) electrons. The zero-order valence-electron chi connectivity index (χ0n) is 11.0. The van der Waals surface area contributed by atoms with Gasteiger partial charge in [0.05, 0.1) is 0 Å². The molecule has 0 amide bonds. The van der Waals surface area contributed by atoms with Gasteiger partial charge in [-0.15, -0.1) is 22.7 Å². The third kappa shape index (κ3) is 1.83. The van der Waals surface area contributed by atoms with Crippen molar-refractivity contribution >= 4 is 22.7 Å². The molecule has 0 saturated heterocycles. The first-order chi connectivity index (χ1) is 10.2. The predicted octanol–water partition coefficient (Wildman–Crippen LogP) is 6.09. The quantitative estimate of drug-likeness (QED) is 0.573. The van der Waals surface area contributed by atoms with E-state index in [1.165, 1.54) is 18.3 Å². The van der Waals surface area contributed by atoms with Crippen LogP contribution in [-0.2, 0) is 5.67 Å². The summed E-state index contributed by atoms with van der Waals surface area (Å²) in [5.41, 5.74) is -4.79. The van der Waals surface area contributed by atoms with Gasteiger partial charge in [-0.3, -0.25) is 0 Å². The van der Waals surface area contributed by atoms with E-state index in [2.05, 4.69) is 0 Å². The van der Waals surface area contributed by atoms with Crippen LogP contribution in [0.15, 0.2) is 35.2 Å². The maximum atomic E-state index is 14.8. The van der Waals surface area contributed by atoms with E-state index in [0.29, 0.717) is 9.75 Å². The molecule has 2 aromatic rings. The SMILES string of the molecule is Cc1sc(-c2cccs2)cc1C1(F)C(F)C(F)=C(F)C1(F)F. The Morgan fingerprint density at radius 2 is 1.82 bits per heavy atom. The largest absolute Gasteiger partial charge is 0.342 e. The summed E-state index contributed by atoms with van der Waals surface area (Å²) in [4.78, 5) is 1.17. The van der Waals surface area contributed by atoms with E-state index in [9.17, 15) is 26.3 Å². The molecule has 1 aliphatic rings. The van der Waals surface area contributed by atoms with Crippen LogP contribution in [0.1, 0.15) is 10.4 Å². The van der Waals surface area contributed by atoms with Crippen molar-refractivity contribution < 1.29 is 26.3 Å². The standard InChI is InChI=1S/C14H8F6S2/c1-6-7(5-9(22-6)8-3-2-4-21-8)13(18)11(16)10(15)12(17)14(13,19)20/h2-5,11H,1H3. The lowest BCUT2D eigenvalue weighted by Gasteiger charge is -2.28. The summed E-state index contributed by atoms with van der Waals surface area (Å²) in [6.45, 7) is 1.31. The molecule has 1 aliphatic carbocycles. The lowest BCUT2D eigenvalue weighted by molar-refractivity contribution is -0.136. The fraction of sp³-hybridized carbons (Fsp3) is 0.286. The Labute approximate surface area is 129 Å². The minimum Gasteiger partial charge on any atom is -0.235 e. The van der Waals surface area contributed by atoms with Crippen molar-refractivity contribution in [3.8, 4) is 9.75 Å². The fourth-order valence-electron chi connectivity index (χ4n) is 2.44. The van der Waals surface area contributed by atoms with Gasteiger partial charge in [-0.05, 0) is 24.4 Å². The van der Waals surface area contributed by atoms with Crippen LogP contribution < -0.4 is 0 Å². The highest BCUT2D eigenvalue weighted by Crippen LogP contribution is 2.59. The molecule has 8 heteroatoms. The average Bonchev–Trinajstić information content (AvgIpc) is 3.14. The first kappa shape index (κ1) is 15.6. The van der Waals surface area contributed by atoms with Gasteiger partial charge in [-0.25, -0.2) is 17.6 Å². The van der Waals surface area contributed by atoms with Crippen molar-refractivity contribution in [3.63, 3.8) is 0 Å². The van der Waals surface area contributed by atoms with E-state index < -0.39 is 35.0 Å². The summed E-state index contributed by atoms with van der Waals surface area (Å²) < 4.78 is 82.7. The Balaban J connectivity index is 2.16. The van der Waals surface area contributed by atoms with Crippen LogP contribution in [0.2, 0.25) is 0 Å². The minimum atomic E-state index is -4.88. The number of aryl methyl sites for hydroxylation is 1. The van der Waals surface area contributed by atoms with Gasteiger partial charge in [0.15, 0.2) is 12.0 Å². The molecule has 0 saturated carbocycles. The van der Waals surface area contributed by atoms with Crippen molar-refractivity contribution in [3.05, 3.63) is 45.7 Å². The molecule has 0 aromatic carbocycles. The number of alkyl halides is 4. The normalized spacial score (nSPS) is 27.7. The maximum absolute atomic E-state index is 14.8. The third-order valence-corrected chi connectivity index (χ3v) is 5.70. The highest BCUT2D eigenvalue weighted by atomic mass is 32.1. The first-order valence-electron chi connectivity index (χ1n) is 6.12. The van der Waals surface area contributed by atoms with Gasteiger partial charge in [0.25, 0.3) is 0 Å². The second-order valence-corrected chi connectivity index (χ2v) is 7.07. The maximum Gasteiger partial charge on any atom is 0.342 e. The van der Waals surface area contributed by atoms with Crippen molar-refractivity contribution in [2.45, 2.75) is 24.7 Å². The molecule has 0 aliphatic heterocycles. The van der Waals surface area contributed by atoms with E-state index in [1.807, 2.05) is 0 Å². The van der Waals surface area contributed by atoms with E-state index in [4.69, 9.17) is 0 Å². The monoisotopic (exact) mass is 354 g/mol. The molecule has 2 heterocycles. The molecular weight excluding hydrogens is 346 g/mol. The Morgan fingerprint density at radius 1 is 1.14 bits per heavy atom. The van der Waals surface area contributed by atoms with Gasteiger partial charge in [0.1, 0.15) is 0 Å². The van der Waals surface area contributed by atoms with Crippen LogP contribution in [0.3, 0.4) is 0 Å². The van der Waals surface area contributed by atoms with E-state index >= 15 is 0 Å². The molecule has 0 fully saturated rings. The molecular formula is C14H8F6S2. The molecule has 2 aromatic heterocycles. The predicted molar refractivity (Wildman–Crippen MR) is 74.2 cm³/mol. The van der Waals surface area contributed by atoms with Crippen LogP contribution in [0.4, 0.5) is 26.3 Å². The summed E-state index contributed by atoms with van der Waals surface area (Å²) >= 11 is 2.26. The van der Waals surface area contributed by atoms with Crippen molar-refractivity contribution in [2.75, 3.05) is 0 Å². The van der Waals surface area contributed by atoms with Gasteiger partial charge >= 0.3 is 5.92 Å². The van der Waals surface area contributed by atoms with Crippen molar-refractivity contribution in [2.24, 2.45) is 0 Å². The van der Waals surface area contributed by atoms with Gasteiger partial charge in [-0.2, -0.15) is 8.78 Å². The van der Waals surface area contributed by atoms with Crippen LogP contribution in [-0.4, -0.2) is 12.1 Å². The average molecular weight is 354 g/mol. The van der Waals surface area contributed by atoms with Crippen LogP contribution >= 0.6 is 22.7 Å². The molecule has 3 rings (SSSR count). The van der Waals surface area contributed by atoms with Crippen molar-refractivity contribution in [1.29, 1.82) is 0 Å². The van der Waals surface area contributed by atoms with Crippen LogP contribution in [0.25, 0.3) is 9.75 Å². The molecule has 0 spiro atoms. The fourth-order valence-corrected chi connectivity index (χ4v) is 4.34. The second kappa shape index (κ2) is 4.86. The number of rotatable bonds is 2. The number of halogens is 6. The lowest BCUT2D eigenvalue weighted by Crippen LogP contribution is -2.44. The number of allylic oxidation sites excluding steroid dienone is 2. The van der Waals surface area contributed by atoms with Gasteiger partial charge in [0, 0.05) is 20.2 Å². The first-order valence-corrected chi connectivity index (χ1v) is 7.82. The Bertz CT molecular complexity index is 745. The molecule has 0 bridgehead atoms. The summed E-state index contributed by atoms with van der Waals surface area (Å²) in [5.74, 6) is -9.93. The number of thiophene rings is 2.